The summed E-state index contributed by atoms with van der Waals surface area (Å²) in [6.07, 6.45) is 1.69. The summed E-state index contributed by atoms with van der Waals surface area (Å²) in [5.41, 5.74) is 3.77. The van der Waals surface area contributed by atoms with Gasteiger partial charge in [0.2, 0.25) is 0 Å². The summed E-state index contributed by atoms with van der Waals surface area (Å²) in [6.45, 7) is 6.77. The Labute approximate surface area is 125 Å². The molecule has 0 aliphatic heterocycles. The quantitative estimate of drug-likeness (QED) is 0.935. The first-order valence-electron chi connectivity index (χ1n) is 7.08. The zero-order chi connectivity index (χ0) is 15.4. The van der Waals surface area contributed by atoms with E-state index in [1.165, 1.54) is 5.56 Å². The molecule has 0 aliphatic rings. The Hall–Kier alpha value is -2.36. The van der Waals surface area contributed by atoms with Crippen LogP contribution in [0, 0.1) is 13.8 Å². The van der Waals surface area contributed by atoms with Crippen LogP contribution in [0.5, 0.6) is 0 Å². The van der Waals surface area contributed by atoms with Crippen molar-refractivity contribution in [3.8, 4) is 0 Å². The Morgan fingerprint density at radius 1 is 1.29 bits per heavy atom. The summed E-state index contributed by atoms with van der Waals surface area (Å²) in [4.78, 5) is 18.6. The van der Waals surface area contributed by atoms with Crippen molar-refractivity contribution in [2.45, 2.75) is 20.8 Å². The minimum absolute atomic E-state index is 0.0639. The molecular formula is C17H21N3O. The second-order valence-corrected chi connectivity index (χ2v) is 5.08. The van der Waals surface area contributed by atoms with E-state index < -0.39 is 0 Å². The van der Waals surface area contributed by atoms with E-state index in [4.69, 9.17) is 0 Å². The molecule has 21 heavy (non-hydrogen) atoms. The van der Waals surface area contributed by atoms with E-state index in [-0.39, 0.29) is 5.91 Å². The maximum Gasteiger partial charge on any atom is 0.261 e. The molecule has 1 aromatic heterocycles. The average Bonchev–Trinajstić information content (AvgIpc) is 2.47. The van der Waals surface area contributed by atoms with E-state index in [9.17, 15) is 4.79 Å². The van der Waals surface area contributed by atoms with Gasteiger partial charge in [0.25, 0.3) is 5.91 Å². The molecule has 0 unspecified atom stereocenters. The normalized spacial score (nSPS) is 10.3. The number of aryl methyl sites for hydroxylation is 2. The molecule has 0 spiro atoms. The fourth-order valence-electron chi connectivity index (χ4n) is 2.36. The first-order valence-corrected chi connectivity index (χ1v) is 7.08. The van der Waals surface area contributed by atoms with Gasteiger partial charge in [-0.25, -0.2) is 4.98 Å². The van der Waals surface area contributed by atoms with Crippen LogP contribution in [0.2, 0.25) is 0 Å². The van der Waals surface area contributed by atoms with Crippen LogP contribution in [0.15, 0.2) is 36.5 Å². The molecular weight excluding hydrogens is 262 g/mol. The van der Waals surface area contributed by atoms with Crippen LogP contribution < -0.4 is 10.2 Å². The number of carbonyl (C=O) groups is 1. The van der Waals surface area contributed by atoms with Crippen molar-refractivity contribution in [3.63, 3.8) is 0 Å². The number of rotatable bonds is 4. The highest BCUT2D eigenvalue weighted by molar-refractivity contribution is 6.09. The van der Waals surface area contributed by atoms with E-state index in [0.29, 0.717) is 11.4 Å². The molecule has 0 aliphatic carbocycles. The zero-order valence-corrected chi connectivity index (χ0v) is 13.0. The Bertz CT molecular complexity index is 652. The first kappa shape index (κ1) is 15.0. The molecule has 1 amide bonds. The Morgan fingerprint density at radius 3 is 2.71 bits per heavy atom. The number of amides is 1. The summed E-state index contributed by atoms with van der Waals surface area (Å²) in [5.74, 6) is 0.563. The van der Waals surface area contributed by atoms with Gasteiger partial charge in [0.05, 0.1) is 5.56 Å². The van der Waals surface area contributed by atoms with Crippen molar-refractivity contribution >= 4 is 17.4 Å². The predicted molar refractivity (Wildman–Crippen MR) is 87.1 cm³/mol. The fraction of sp³-hybridized carbons (Fsp3) is 0.294. The van der Waals surface area contributed by atoms with E-state index in [0.717, 1.165) is 17.8 Å². The lowest BCUT2D eigenvalue weighted by Gasteiger charge is -2.21. The molecule has 1 N–H and O–H groups in total. The highest BCUT2D eigenvalue weighted by Gasteiger charge is 2.18. The lowest BCUT2D eigenvalue weighted by atomic mass is 10.1. The largest absolute Gasteiger partial charge is 0.370 e. The summed E-state index contributed by atoms with van der Waals surface area (Å²) >= 11 is 0. The number of hydrogen-bond donors (Lipinski definition) is 1. The number of hydrogen-bond acceptors (Lipinski definition) is 3. The molecule has 1 aromatic carbocycles. The maximum absolute atomic E-state index is 12.7. The zero-order valence-electron chi connectivity index (χ0n) is 13.0. The highest BCUT2D eigenvalue weighted by Crippen LogP contribution is 2.23. The van der Waals surface area contributed by atoms with Crippen molar-refractivity contribution in [1.82, 2.24) is 4.98 Å². The monoisotopic (exact) mass is 283 g/mol. The van der Waals surface area contributed by atoms with Gasteiger partial charge in [-0.2, -0.15) is 0 Å². The van der Waals surface area contributed by atoms with Crippen LogP contribution >= 0.6 is 0 Å². The topological polar surface area (TPSA) is 45.2 Å². The van der Waals surface area contributed by atoms with Gasteiger partial charge in [0, 0.05) is 25.5 Å². The van der Waals surface area contributed by atoms with Crippen molar-refractivity contribution in [1.29, 1.82) is 0 Å². The molecule has 0 atom stereocenters. The van der Waals surface area contributed by atoms with E-state index in [1.807, 2.05) is 32.9 Å². The summed E-state index contributed by atoms with van der Waals surface area (Å²) < 4.78 is 0. The molecule has 0 radical (unpaired) electrons. The Kier molecular flexibility index (Phi) is 4.58. The minimum Gasteiger partial charge on any atom is -0.370 e. The van der Waals surface area contributed by atoms with Crippen molar-refractivity contribution in [3.05, 3.63) is 53.2 Å². The smallest absolute Gasteiger partial charge is 0.261 e. The molecule has 0 saturated heterocycles. The minimum atomic E-state index is -0.0639. The molecule has 1 heterocycles. The average molecular weight is 283 g/mol. The van der Waals surface area contributed by atoms with Gasteiger partial charge < -0.3 is 10.2 Å². The van der Waals surface area contributed by atoms with Gasteiger partial charge in [-0.3, -0.25) is 4.79 Å². The van der Waals surface area contributed by atoms with Crippen LogP contribution in [0.4, 0.5) is 11.5 Å². The van der Waals surface area contributed by atoms with Crippen molar-refractivity contribution < 1.29 is 4.79 Å². The maximum atomic E-state index is 12.7. The second kappa shape index (κ2) is 6.39. The standard InChI is InChI=1S/C17H21N3O/c1-5-18-16-14(7-6-10-19-16)17(21)20(4)15-9-8-12(2)11-13(15)3/h6-11H,5H2,1-4H3,(H,18,19). The molecule has 4 nitrogen and oxygen atoms in total. The number of benzene rings is 1. The first-order chi connectivity index (χ1) is 10.0. The number of aromatic nitrogens is 1. The van der Waals surface area contributed by atoms with Gasteiger partial charge >= 0.3 is 0 Å². The van der Waals surface area contributed by atoms with Crippen LogP contribution in [0.1, 0.15) is 28.4 Å². The lowest BCUT2D eigenvalue weighted by molar-refractivity contribution is 0.0993. The van der Waals surface area contributed by atoms with Gasteiger partial charge in [0.1, 0.15) is 5.82 Å². The third-order valence-electron chi connectivity index (χ3n) is 3.40. The second-order valence-electron chi connectivity index (χ2n) is 5.08. The van der Waals surface area contributed by atoms with E-state index in [2.05, 4.69) is 16.4 Å². The van der Waals surface area contributed by atoms with E-state index in [1.54, 1.807) is 30.3 Å². The SMILES string of the molecule is CCNc1ncccc1C(=O)N(C)c1ccc(C)cc1C. The van der Waals surface area contributed by atoms with Crippen LogP contribution in [0.3, 0.4) is 0 Å². The number of pyridine rings is 1. The fourth-order valence-corrected chi connectivity index (χ4v) is 2.36. The molecule has 4 heteroatoms. The molecule has 110 valence electrons. The molecule has 2 rings (SSSR count). The number of nitrogens with zero attached hydrogens (tertiary/aromatic N) is 2. The van der Waals surface area contributed by atoms with Crippen LogP contribution in [-0.2, 0) is 0 Å². The molecule has 0 saturated carbocycles. The van der Waals surface area contributed by atoms with Crippen LogP contribution in [-0.4, -0.2) is 24.5 Å². The molecule has 2 aromatic rings. The van der Waals surface area contributed by atoms with Crippen molar-refractivity contribution in [2.24, 2.45) is 0 Å². The third-order valence-corrected chi connectivity index (χ3v) is 3.40. The summed E-state index contributed by atoms with van der Waals surface area (Å²) in [5, 5.41) is 3.13. The van der Waals surface area contributed by atoms with Gasteiger partial charge in [0.15, 0.2) is 0 Å². The van der Waals surface area contributed by atoms with Crippen molar-refractivity contribution in [2.75, 3.05) is 23.8 Å². The Balaban J connectivity index is 2.35. The Morgan fingerprint density at radius 2 is 2.05 bits per heavy atom. The number of carbonyl (C=O) groups excluding carboxylic acids is 1. The molecule has 0 bridgehead atoms. The van der Waals surface area contributed by atoms with Gasteiger partial charge in [-0.1, -0.05) is 17.7 Å². The summed E-state index contributed by atoms with van der Waals surface area (Å²) in [7, 11) is 1.79. The highest BCUT2D eigenvalue weighted by atomic mass is 16.2. The number of anilines is 2. The van der Waals surface area contributed by atoms with Gasteiger partial charge in [-0.15, -0.1) is 0 Å². The lowest BCUT2D eigenvalue weighted by Crippen LogP contribution is -2.28. The predicted octanol–water partition coefficient (Wildman–Crippen LogP) is 3.41. The van der Waals surface area contributed by atoms with E-state index >= 15 is 0 Å². The van der Waals surface area contributed by atoms with Crippen LogP contribution in [0.25, 0.3) is 0 Å². The summed E-state index contributed by atoms with van der Waals surface area (Å²) in [6, 6.07) is 9.65. The molecule has 0 fully saturated rings. The third kappa shape index (κ3) is 3.21. The van der Waals surface area contributed by atoms with Gasteiger partial charge in [-0.05, 0) is 44.5 Å². The number of nitrogens with one attached hydrogen (secondary N) is 1.